The summed E-state index contributed by atoms with van der Waals surface area (Å²) in [6.45, 7) is 4.08. The second-order valence-corrected chi connectivity index (χ2v) is 15.7. The molecular formula is C38H84N18O7. The van der Waals surface area contributed by atoms with E-state index in [0.29, 0.717) is 116 Å². The first-order chi connectivity index (χ1) is 30.4. The van der Waals surface area contributed by atoms with E-state index < -0.39 is 65.7 Å². The number of nitrogens with two attached hydrogens (primary N) is 7. The number of Topliss-reactive ketones (excluding diaryl/α,β-unsaturated/α-hetero) is 2. The molecule has 63 heavy (non-hydrogen) atoms. The van der Waals surface area contributed by atoms with Crippen molar-refractivity contribution in [2.75, 3.05) is 52.4 Å². The quantitative estimate of drug-likeness (QED) is 0.00889. The van der Waals surface area contributed by atoms with Gasteiger partial charge in [0.2, 0.25) is 17.7 Å². The predicted octanol–water partition coefficient (Wildman–Crippen LogP) is -6.35. The molecule has 25 nitrogen and oxygen atoms in total. The number of amides is 3. The Bertz CT molecular complexity index is 1240. The lowest BCUT2D eigenvalue weighted by molar-refractivity contribution is -0.135. The highest BCUT2D eigenvalue weighted by Gasteiger charge is 2.35. The molecule has 0 heterocycles. The Morgan fingerprint density at radius 2 is 0.810 bits per heavy atom. The number of hydrazine groups is 6. The van der Waals surface area contributed by atoms with Gasteiger partial charge in [-0.25, -0.2) is 0 Å². The van der Waals surface area contributed by atoms with Gasteiger partial charge in [0, 0.05) is 45.3 Å². The van der Waals surface area contributed by atoms with Gasteiger partial charge in [-0.1, -0.05) is 6.42 Å². The summed E-state index contributed by atoms with van der Waals surface area (Å²) in [5.74, 6) is 29.3. The van der Waals surface area contributed by atoms with Gasteiger partial charge in [0.1, 0.15) is 18.4 Å². The Balaban J connectivity index is 6.72. The van der Waals surface area contributed by atoms with Crippen LogP contribution in [0.3, 0.4) is 0 Å². The van der Waals surface area contributed by atoms with Crippen LogP contribution in [0, 0.1) is 5.92 Å². The summed E-state index contributed by atoms with van der Waals surface area (Å²) in [5, 5.41) is 24.6. The fraction of sp³-hybridized carbons (Fsp3) is 0.842. The maximum absolute atomic E-state index is 14.3. The van der Waals surface area contributed by atoms with E-state index in [4.69, 9.17) is 40.8 Å². The highest BCUT2D eigenvalue weighted by atomic mass is 16.3. The van der Waals surface area contributed by atoms with E-state index in [-0.39, 0.29) is 50.5 Å². The summed E-state index contributed by atoms with van der Waals surface area (Å²) in [6, 6.07) is -6.24. The monoisotopic (exact) mass is 905 g/mol. The van der Waals surface area contributed by atoms with Crippen LogP contribution in [0.4, 0.5) is 0 Å². The van der Waals surface area contributed by atoms with Crippen LogP contribution < -0.4 is 99.9 Å². The highest BCUT2D eigenvalue weighted by Crippen LogP contribution is 2.14. The summed E-state index contributed by atoms with van der Waals surface area (Å²) in [4.78, 5) is 82.3. The van der Waals surface area contributed by atoms with Crippen LogP contribution in [0.2, 0.25) is 0 Å². The van der Waals surface area contributed by atoms with Gasteiger partial charge in [-0.15, -0.1) is 0 Å². The molecular weight excluding hydrogens is 821 g/mol. The van der Waals surface area contributed by atoms with Gasteiger partial charge >= 0.3 is 0 Å². The second kappa shape index (κ2) is 39.2. The molecule has 0 saturated heterocycles. The Morgan fingerprint density at radius 1 is 0.460 bits per heavy atom. The molecule has 0 aliphatic carbocycles. The smallest absolute Gasteiger partial charge is 0.243 e. The van der Waals surface area contributed by atoms with Crippen molar-refractivity contribution in [2.45, 2.75) is 146 Å². The topological polar surface area (TPSA) is 437 Å². The first kappa shape index (κ1) is 59.8. The molecule has 8 atom stereocenters. The summed E-state index contributed by atoms with van der Waals surface area (Å²) >= 11 is 0. The van der Waals surface area contributed by atoms with Crippen molar-refractivity contribution in [1.29, 1.82) is 0 Å². The lowest BCUT2D eigenvalue weighted by Gasteiger charge is -2.30. The molecule has 0 rings (SSSR count). The second-order valence-electron chi connectivity index (χ2n) is 15.7. The van der Waals surface area contributed by atoms with Crippen LogP contribution in [-0.4, -0.2) is 135 Å². The van der Waals surface area contributed by atoms with E-state index in [1.807, 2.05) is 0 Å². The normalized spacial score (nSPS) is 15.3. The number of hydrogen-bond acceptors (Lipinski definition) is 22. The van der Waals surface area contributed by atoms with Crippen molar-refractivity contribution in [3.05, 3.63) is 0 Å². The fourth-order valence-electron chi connectivity index (χ4n) is 6.92. The maximum Gasteiger partial charge on any atom is 0.243 e. The van der Waals surface area contributed by atoms with Crippen LogP contribution in [0.1, 0.15) is 103 Å². The van der Waals surface area contributed by atoms with Gasteiger partial charge in [0.15, 0.2) is 11.6 Å². The number of hydrogen-bond donors (Lipinski definition) is 19. The van der Waals surface area contributed by atoms with Crippen LogP contribution in [0.5, 0.6) is 0 Å². The number of aldehydes is 1. The van der Waals surface area contributed by atoms with E-state index in [2.05, 4.69) is 59.1 Å². The minimum Gasteiger partial charge on any atom is -0.395 e. The zero-order valence-electron chi connectivity index (χ0n) is 37.4. The molecule has 0 aliphatic heterocycles. The molecule has 368 valence electrons. The maximum atomic E-state index is 14.3. The molecule has 0 saturated carbocycles. The van der Waals surface area contributed by atoms with Crippen molar-refractivity contribution in [1.82, 2.24) is 59.1 Å². The van der Waals surface area contributed by atoms with Crippen molar-refractivity contribution in [3.63, 3.8) is 0 Å². The Morgan fingerprint density at radius 3 is 1.22 bits per heavy atom. The number of unbranched alkanes of at least 4 members (excludes halogenated alkanes) is 1. The minimum absolute atomic E-state index is 0.103. The summed E-state index contributed by atoms with van der Waals surface area (Å²) in [6.07, 6.45) is 5.89. The van der Waals surface area contributed by atoms with Gasteiger partial charge in [0.05, 0.1) is 36.7 Å². The zero-order chi connectivity index (χ0) is 47.3. The average Bonchev–Trinajstić information content (AvgIpc) is 3.27. The molecule has 0 aliphatic rings. The molecule has 0 radical (unpaired) electrons. The molecule has 4 unspecified atom stereocenters. The predicted molar refractivity (Wildman–Crippen MR) is 241 cm³/mol. The number of ketones is 2. The molecule has 3 amide bonds. The summed E-state index contributed by atoms with van der Waals surface area (Å²) < 4.78 is 0. The molecule has 0 bridgehead atoms. The number of rotatable bonds is 44. The van der Waals surface area contributed by atoms with Gasteiger partial charge in [0.25, 0.3) is 0 Å². The van der Waals surface area contributed by atoms with Gasteiger partial charge < -0.3 is 36.9 Å². The third kappa shape index (κ3) is 27.0. The van der Waals surface area contributed by atoms with E-state index >= 15 is 0 Å². The number of aliphatic hydroxyl groups excluding tert-OH is 1. The highest BCUT2D eigenvalue weighted by molar-refractivity contribution is 6.00. The van der Waals surface area contributed by atoms with Crippen LogP contribution in [0.25, 0.3) is 0 Å². The minimum atomic E-state index is -1.17. The van der Waals surface area contributed by atoms with E-state index in [1.54, 1.807) is 6.92 Å². The number of aliphatic hydroxyl groups is 1. The third-order valence-corrected chi connectivity index (χ3v) is 10.5. The van der Waals surface area contributed by atoms with Crippen molar-refractivity contribution < 1.29 is 33.9 Å². The van der Waals surface area contributed by atoms with Crippen molar-refractivity contribution in [3.8, 4) is 0 Å². The Labute approximate surface area is 372 Å². The van der Waals surface area contributed by atoms with Gasteiger partial charge in [-0.3, -0.25) is 96.9 Å². The van der Waals surface area contributed by atoms with Crippen LogP contribution >= 0.6 is 0 Å². The molecule has 25 heteroatoms. The van der Waals surface area contributed by atoms with Gasteiger partial charge in [-0.2, -0.15) is 0 Å². The summed E-state index contributed by atoms with van der Waals surface area (Å²) in [5.41, 5.74) is 21.0. The van der Waals surface area contributed by atoms with Crippen molar-refractivity contribution >= 4 is 35.6 Å². The standard InChI is InChI=1S/C38H84N18O7/c1-26(24-57)52-29(13-6-20-48-42)35(60)30(11-2-3-17-39)53-31(14-7-21-49-43)36(61)55-33(16-9-23-51-45)38(63)56-32(15-8-22-50-44)37(62)54-28(12-5-19-47-41)34(59)27(25-58)10-4-18-46-40/h25-33,46-53,57H,2-24,39-45H2,1H3,(H,54,62)(H,55,61)(H,56,63)/t26?,27?,28?,29-,30?,31-,32-,33-/m1/s1. The molecule has 0 aromatic carbocycles. The Kier molecular flexibility index (Phi) is 37.2. The largest absolute Gasteiger partial charge is 0.395 e. The Hall–Kier alpha value is -3.22. The molecule has 26 N–H and O–H groups in total. The van der Waals surface area contributed by atoms with Gasteiger partial charge in [-0.05, 0) is 103 Å². The molecule has 0 spiro atoms. The zero-order valence-corrected chi connectivity index (χ0v) is 37.4. The lowest BCUT2D eigenvalue weighted by atomic mass is 9.92. The van der Waals surface area contributed by atoms with E-state index in [9.17, 15) is 33.9 Å². The van der Waals surface area contributed by atoms with E-state index in [0.717, 1.165) is 0 Å². The SMILES string of the molecule is CC(CO)N[C@H](CCCNN)C(=O)C(CCCCN)N[C@H](CCCNN)C(=O)N[C@H](CCCNN)C(=O)N[C@H](CCCNN)C(=O)NC(CCCNN)C(=O)C(C=O)CCCNN. The van der Waals surface area contributed by atoms with Crippen LogP contribution in [0.15, 0.2) is 0 Å². The lowest BCUT2D eigenvalue weighted by Crippen LogP contribution is -2.59. The average molecular weight is 905 g/mol. The molecule has 0 fully saturated rings. The molecule has 0 aromatic rings. The van der Waals surface area contributed by atoms with Crippen LogP contribution in [-0.2, 0) is 28.8 Å². The first-order valence-corrected chi connectivity index (χ1v) is 22.3. The summed E-state index contributed by atoms with van der Waals surface area (Å²) in [7, 11) is 0. The fourth-order valence-corrected chi connectivity index (χ4v) is 6.92. The van der Waals surface area contributed by atoms with Crippen molar-refractivity contribution in [2.24, 2.45) is 46.7 Å². The number of nitrogens with one attached hydrogen (secondary N) is 11. The molecule has 0 aromatic heterocycles. The third-order valence-electron chi connectivity index (χ3n) is 10.5. The first-order valence-electron chi connectivity index (χ1n) is 22.3. The number of carbonyl (C=O) groups is 6. The van der Waals surface area contributed by atoms with E-state index in [1.165, 1.54) is 0 Å². The number of carbonyl (C=O) groups excluding carboxylic acids is 6.